The molecular weight excluding hydrogens is 420 g/mol. The maximum absolute atomic E-state index is 6.06. The second kappa shape index (κ2) is 8.87. The standard InChI is InChI=1S/C29H26N4O/c1-5-6-14-29(30-4)34-24-15-16-26-25-12-7-8-13-27(25)32(28(26)19-24)22-10-9-11-23(18-22)33-21(3)17-20(2)31-33/h5-19H,1H2,2-4H3/b14-6-,30-29?. The Labute approximate surface area is 198 Å². The van der Waals surface area contributed by atoms with E-state index in [4.69, 9.17) is 4.74 Å². The molecule has 0 saturated heterocycles. The topological polar surface area (TPSA) is 44.3 Å². The number of aliphatic imine (C=N–C) groups is 1. The fraction of sp³-hybridized carbons (Fsp3) is 0.103. The first-order valence-corrected chi connectivity index (χ1v) is 11.2. The highest BCUT2D eigenvalue weighted by molar-refractivity contribution is 6.09. The van der Waals surface area contributed by atoms with Crippen LogP contribution in [0.2, 0.25) is 0 Å². The molecule has 0 unspecified atom stereocenters. The van der Waals surface area contributed by atoms with Crippen molar-refractivity contribution in [2.75, 3.05) is 7.05 Å². The summed E-state index contributed by atoms with van der Waals surface area (Å²) >= 11 is 0. The molecule has 0 amide bonds. The average Bonchev–Trinajstić information content (AvgIpc) is 3.37. The smallest absolute Gasteiger partial charge is 0.214 e. The number of ether oxygens (including phenoxy) is 1. The van der Waals surface area contributed by atoms with Crippen LogP contribution >= 0.6 is 0 Å². The van der Waals surface area contributed by atoms with Gasteiger partial charge in [-0.3, -0.25) is 4.99 Å². The van der Waals surface area contributed by atoms with Gasteiger partial charge in [0, 0.05) is 41.3 Å². The molecule has 3 aromatic carbocycles. The normalized spacial score (nSPS) is 12.1. The molecular formula is C29H26N4O. The predicted molar refractivity (Wildman–Crippen MR) is 141 cm³/mol. The fourth-order valence-corrected chi connectivity index (χ4v) is 4.37. The van der Waals surface area contributed by atoms with Crippen molar-refractivity contribution in [2.24, 2.45) is 4.99 Å². The number of hydrogen-bond acceptors (Lipinski definition) is 3. The van der Waals surface area contributed by atoms with Gasteiger partial charge in [-0.1, -0.05) is 43.0 Å². The molecule has 2 aromatic heterocycles. The highest BCUT2D eigenvalue weighted by atomic mass is 16.5. The van der Waals surface area contributed by atoms with E-state index in [2.05, 4.69) is 94.9 Å². The van der Waals surface area contributed by atoms with E-state index in [1.54, 1.807) is 19.2 Å². The largest absolute Gasteiger partial charge is 0.439 e. The third kappa shape index (κ3) is 3.82. The minimum atomic E-state index is 0.522. The molecule has 0 N–H and O–H groups in total. The van der Waals surface area contributed by atoms with Crippen molar-refractivity contribution in [3.05, 3.63) is 109 Å². The van der Waals surface area contributed by atoms with E-state index in [0.29, 0.717) is 5.90 Å². The van der Waals surface area contributed by atoms with E-state index >= 15 is 0 Å². The van der Waals surface area contributed by atoms with E-state index in [9.17, 15) is 0 Å². The molecule has 5 nitrogen and oxygen atoms in total. The van der Waals surface area contributed by atoms with Gasteiger partial charge in [0.15, 0.2) is 0 Å². The predicted octanol–water partition coefficient (Wildman–Crippen LogP) is 6.74. The van der Waals surface area contributed by atoms with E-state index < -0.39 is 0 Å². The van der Waals surface area contributed by atoms with E-state index in [1.807, 2.05) is 23.7 Å². The summed E-state index contributed by atoms with van der Waals surface area (Å²) in [7, 11) is 1.71. The van der Waals surface area contributed by atoms with E-state index in [1.165, 1.54) is 5.39 Å². The maximum atomic E-state index is 6.06. The first-order chi connectivity index (χ1) is 16.6. The van der Waals surface area contributed by atoms with Crippen LogP contribution in [-0.2, 0) is 0 Å². The van der Waals surface area contributed by atoms with Crippen LogP contribution in [0.15, 0.2) is 103 Å². The third-order valence-electron chi connectivity index (χ3n) is 5.81. The quantitative estimate of drug-likeness (QED) is 0.171. The van der Waals surface area contributed by atoms with Crippen LogP contribution in [-0.4, -0.2) is 27.3 Å². The molecule has 5 heteroatoms. The van der Waals surface area contributed by atoms with Gasteiger partial charge in [0.25, 0.3) is 0 Å². The number of para-hydroxylation sites is 1. The molecule has 5 rings (SSSR count). The van der Waals surface area contributed by atoms with Crippen LogP contribution in [0.25, 0.3) is 33.2 Å². The Hall–Kier alpha value is -4.38. The van der Waals surface area contributed by atoms with E-state index in [0.717, 1.165) is 44.9 Å². The van der Waals surface area contributed by atoms with Gasteiger partial charge in [-0.15, -0.1) is 0 Å². The van der Waals surface area contributed by atoms with Gasteiger partial charge in [0.05, 0.1) is 22.4 Å². The van der Waals surface area contributed by atoms with Crippen LogP contribution in [0.5, 0.6) is 5.75 Å². The summed E-state index contributed by atoms with van der Waals surface area (Å²) in [6.07, 6.45) is 5.30. The summed E-state index contributed by atoms with van der Waals surface area (Å²) in [6, 6.07) is 25.2. The SMILES string of the molecule is C=C/C=C\C(=NC)Oc1ccc2c3ccccc3n(-c3cccc(-n4nc(C)cc4C)c3)c2c1. The summed E-state index contributed by atoms with van der Waals surface area (Å²) < 4.78 is 10.3. The number of hydrogen-bond donors (Lipinski definition) is 0. The minimum absolute atomic E-state index is 0.522. The highest BCUT2D eigenvalue weighted by Crippen LogP contribution is 2.34. The molecule has 0 atom stereocenters. The number of fused-ring (bicyclic) bond motifs is 3. The minimum Gasteiger partial charge on any atom is -0.439 e. The molecule has 0 aliphatic rings. The Bertz CT molecular complexity index is 1580. The van der Waals surface area contributed by atoms with Gasteiger partial charge in [0.2, 0.25) is 5.90 Å². The van der Waals surface area contributed by atoms with Crippen LogP contribution in [0.1, 0.15) is 11.4 Å². The lowest BCUT2D eigenvalue weighted by molar-refractivity contribution is 0.555. The molecule has 0 radical (unpaired) electrons. The molecule has 2 heterocycles. The van der Waals surface area contributed by atoms with Crippen molar-refractivity contribution in [2.45, 2.75) is 13.8 Å². The molecule has 34 heavy (non-hydrogen) atoms. The van der Waals surface area contributed by atoms with Gasteiger partial charge in [-0.05, 0) is 56.3 Å². The number of aryl methyl sites for hydroxylation is 2. The second-order valence-corrected chi connectivity index (χ2v) is 8.15. The van der Waals surface area contributed by atoms with Crippen LogP contribution < -0.4 is 4.74 Å². The molecule has 0 bridgehead atoms. The molecule has 0 saturated carbocycles. The summed E-state index contributed by atoms with van der Waals surface area (Å²) in [5.74, 6) is 1.24. The summed E-state index contributed by atoms with van der Waals surface area (Å²) in [5.41, 5.74) is 6.39. The Morgan fingerprint density at radius 1 is 0.912 bits per heavy atom. The van der Waals surface area contributed by atoms with Crippen LogP contribution in [0, 0.1) is 13.8 Å². The summed E-state index contributed by atoms with van der Waals surface area (Å²) in [5, 5.41) is 7.02. The van der Waals surface area contributed by atoms with Crippen LogP contribution in [0.4, 0.5) is 0 Å². The maximum Gasteiger partial charge on any atom is 0.214 e. The number of benzene rings is 3. The van der Waals surface area contributed by atoms with Crippen molar-refractivity contribution >= 4 is 27.7 Å². The lowest BCUT2D eigenvalue weighted by Crippen LogP contribution is -2.05. The van der Waals surface area contributed by atoms with Crippen molar-refractivity contribution in [1.82, 2.24) is 14.3 Å². The number of allylic oxidation sites excluding steroid dienone is 2. The average molecular weight is 447 g/mol. The Balaban J connectivity index is 1.70. The molecule has 0 aliphatic carbocycles. The first-order valence-electron chi connectivity index (χ1n) is 11.2. The number of rotatable bonds is 5. The Morgan fingerprint density at radius 2 is 1.71 bits per heavy atom. The van der Waals surface area contributed by atoms with Crippen molar-refractivity contribution in [3.8, 4) is 17.1 Å². The summed E-state index contributed by atoms with van der Waals surface area (Å²) in [4.78, 5) is 4.22. The zero-order chi connectivity index (χ0) is 23.7. The van der Waals surface area contributed by atoms with Crippen molar-refractivity contribution < 1.29 is 4.74 Å². The van der Waals surface area contributed by atoms with Crippen LogP contribution in [0.3, 0.4) is 0 Å². The lowest BCUT2D eigenvalue weighted by Gasteiger charge is -2.12. The van der Waals surface area contributed by atoms with Crippen molar-refractivity contribution in [3.63, 3.8) is 0 Å². The van der Waals surface area contributed by atoms with Gasteiger partial charge in [0.1, 0.15) is 5.75 Å². The monoisotopic (exact) mass is 446 g/mol. The van der Waals surface area contributed by atoms with Crippen molar-refractivity contribution in [1.29, 1.82) is 0 Å². The summed E-state index contributed by atoms with van der Waals surface area (Å²) in [6.45, 7) is 7.80. The molecule has 0 spiro atoms. The molecule has 168 valence electrons. The lowest BCUT2D eigenvalue weighted by atomic mass is 10.1. The molecule has 0 fully saturated rings. The zero-order valence-electron chi connectivity index (χ0n) is 19.6. The number of nitrogens with zero attached hydrogens (tertiary/aromatic N) is 4. The Kier molecular flexibility index (Phi) is 5.60. The van der Waals surface area contributed by atoms with Gasteiger partial charge in [-0.2, -0.15) is 5.10 Å². The zero-order valence-corrected chi connectivity index (χ0v) is 19.6. The fourth-order valence-electron chi connectivity index (χ4n) is 4.37. The Morgan fingerprint density at radius 3 is 2.47 bits per heavy atom. The van der Waals surface area contributed by atoms with E-state index in [-0.39, 0.29) is 0 Å². The highest BCUT2D eigenvalue weighted by Gasteiger charge is 2.14. The molecule has 5 aromatic rings. The van der Waals surface area contributed by atoms with Gasteiger partial charge >= 0.3 is 0 Å². The number of aromatic nitrogens is 3. The first kappa shape index (κ1) is 21.5. The second-order valence-electron chi connectivity index (χ2n) is 8.15. The van der Waals surface area contributed by atoms with Gasteiger partial charge in [-0.25, -0.2) is 4.68 Å². The third-order valence-corrected chi connectivity index (χ3v) is 5.81. The van der Waals surface area contributed by atoms with Gasteiger partial charge < -0.3 is 9.30 Å². The molecule has 0 aliphatic heterocycles.